The second-order valence-corrected chi connectivity index (χ2v) is 7.57. The van der Waals surface area contributed by atoms with E-state index >= 15 is 0 Å². The van der Waals surface area contributed by atoms with Gasteiger partial charge >= 0.3 is 5.97 Å². The van der Waals surface area contributed by atoms with Gasteiger partial charge in [0.05, 0.1) is 11.7 Å². The number of esters is 1. The monoisotopic (exact) mass is 334 g/mol. The highest BCUT2D eigenvalue weighted by Gasteiger charge is 2.43. The topological polar surface area (TPSA) is 66.8 Å². The fourth-order valence-electron chi connectivity index (χ4n) is 3.52. The molecule has 2 rings (SSSR count). The summed E-state index contributed by atoms with van der Waals surface area (Å²) in [4.78, 5) is 12.1. The predicted octanol–water partition coefficient (Wildman–Crippen LogP) is 3.44. The zero-order chi connectivity index (χ0) is 17.9. The number of hydrogen-bond donors (Lipinski definition) is 2. The minimum absolute atomic E-state index is 0.310. The van der Waals surface area contributed by atoms with Crippen LogP contribution in [0.4, 0.5) is 0 Å². The molecular weight excluding hydrogens is 304 g/mol. The minimum atomic E-state index is -1.11. The second kappa shape index (κ2) is 7.66. The lowest BCUT2D eigenvalue weighted by molar-refractivity contribution is -0.171. The number of aliphatic hydroxyl groups excluding tert-OH is 1. The van der Waals surface area contributed by atoms with E-state index in [0.29, 0.717) is 24.8 Å². The fraction of sp³-hybridized carbons (Fsp3) is 0.650. The fourth-order valence-corrected chi connectivity index (χ4v) is 3.52. The zero-order valence-corrected chi connectivity index (χ0v) is 15.0. The molecule has 2 N–H and O–H groups in total. The van der Waals surface area contributed by atoms with Gasteiger partial charge in [-0.2, -0.15) is 0 Å². The van der Waals surface area contributed by atoms with E-state index in [1.54, 1.807) is 6.92 Å². The first kappa shape index (κ1) is 18.9. The van der Waals surface area contributed by atoms with Gasteiger partial charge in [0, 0.05) is 11.5 Å². The lowest BCUT2D eigenvalue weighted by atomic mass is 9.78. The lowest BCUT2D eigenvalue weighted by Gasteiger charge is -2.40. The number of rotatable bonds is 0. The number of aliphatic hydroxyl groups is 2. The summed E-state index contributed by atoms with van der Waals surface area (Å²) in [5, 5.41) is 21.4. The number of ether oxygens (including phenoxy) is 1. The van der Waals surface area contributed by atoms with Crippen molar-refractivity contribution < 1.29 is 19.7 Å². The molecule has 0 saturated carbocycles. The summed E-state index contributed by atoms with van der Waals surface area (Å²) in [6.45, 7) is 9.62. The van der Waals surface area contributed by atoms with Crippen LogP contribution in [0.1, 0.15) is 59.3 Å². The molecule has 1 aliphatic heterocycles. The van der Waals surface area contributed by atoms with Crippen molar-refractivity contribution in [3.63, 3.8) is 0 Å². The van der Waals surface area contributed by atoms with Crippen LogP contribution in [-0.2, 0) is 9.53 Å². The van der Waals surface area contributed by atoms with Crippen LogP contribution in [0.5, 0.6) is 0 Å². The van der Waals surface area contributed by atoms with Gasteiger partial charge in [-0.05, 0) is 59.3 Å². The first-order chi connectivity index (χ1) is 11.2. The summed E-state index contributed by atoms with van der Waals surface area (Å²) < 4.78 is 5.41. The molecule has 2 bridgehead atoms. The van der Waals surface area contributed by atoms with Crippen LogP contribution in [0.2, 0.25) is 0 Å². The van der Waals surface area contributed by atoms with E-state index < -0.39 is 23.8 Å². The number of allylic oxidation sites excluding steroid dienone is 3. The van der Waals surface area contributed by atoms with Gasteiger partial charge in [0.1, 0.15) is 6.10 Å². The Morgan fingerprint density at radius 1 is 1.25 bits per heavy atom. The Morgan fingerprint density at radius 2 is 1.92 bits per heavy atom. The van der Waals surface area contributed by atoms with Crippen molar-refractivity contribution in [1.82, 2.24) is 0 Å². The standard InChI is InChI=1S/C20H30O4/c1-13-7-5-8-14(2)11-17(21)16-12-18(24-19(22)15(16)3)20(4,23)10-6-9-13/h8-9,16-18,21,23H,3,5-7,10-12H2,1-2,4H3/b13-9-,14-8+/t16-,17-,18-,20+/m0/s1. The van der Waals surface area contributed by atoms with Crippen LogP contribution in [0.15, 0.2) is 35.5 Å². The van der Waals surface area contributed by atoms with Crippen LogP contribution in [0.3, 0.4) is 0 Å². The van der Waals surface area contributed by atoms with Crippen molar-refractivity contribution >= 4 is 5.97 Å². The molecule has 1 aliphatic carbocycles. The average Bonchev–Trinajstić information content (AvgIpc) is 2.48. The Morgan fingerprint density at radius 3 is 2.62 bits per heavy atom. The quantitative estimate of drug-likeness (QED) is 0.404. The summed E-state index contributed by atoms with van der Waals surface area (Å²) in [7, 11) is 0. The molecule has 0 unspecified atom stereocenters. The van der Waals surface area contributed by atoms with E-state index in [1.165, 1.54) is 5.57 Å². The smallest absolute Gasteiger partial charge is 0.334 e. The number of fused-ring (bicyclic) bond motifs is 2. The van der Waals surface area contributed by atoms with Gasteiger partial charge in [0.25, 0.3) is 0 Å². The third-order valence-corrected chi connectivity index (χ3v) is 5.29. The number of carbonyl (C=O) groups excluding carboxylic acids is 1. The van der Waals surface area contributed by atoms with E-state index in [2.05, 4.69) is 25.7 Å². The molecule has 0 aromatic heterocycles. The molecule has 4 heteroatoms. The summed E-state index contributed by atoms with van der Waals surface area (Å²) in [5.74, 6) is -0.873. The molecule has 4 nitrogen and oxygen atoms in total. The Balaban J connectivity index is 2.29. The molecule has 0 aromatic carbocycles. The van der Waals surface area contributed by atoms with E-state index in [1.807, 2.05) is 6.92 Å². The van der Waals surface area contributed by atoms with Crippen molar-refractivity contribution in [1.29, 1.82) is 0 Å². The molecule has 1 fully saturated rings. The van der Waals surface area contributed by atoms with Gasteiger partial charge in [0.2, 0.25) is 0 Å². The molecule has 1 saturated heterocycles. The molecule has 24 heavy (non-hydrogen) atoms. The maximum absolute atomic E-state index is 12.1. The largest absolute Gasteiger partial charge is 0.456 e. The van der Waals surface area contributed by atoms with Gasteiger partial charge in [-0.3, -0.25) is 0 Å². The third-order valence-electron chi connectivity index (χ3n) is 5.29. The minimum Gasteiger partial charge on any atom is -0.456 e. The molecule has 4 atom stereocenters. The van der Waals surface area contributed by atoms with Gasteiger partial charge < -0.3 is 14.9 Å². The van der Waals surface area contributed by atoms with E-state index in [9.17, 15) is 15.0 Å². The van der Waals surface area contributed by atoms with Crippen molar-refractivity contribution in [2.75, 3.05) is 0 Å². The third kappa shape index (κ3) is 4.58. The highest BCUT2D eigenvalue weighted by molar-refractivity contribution is 5.89. The SMILES string of the molecule is C=C1C(=O)O[C@H]2C[C@@H]1[C@@H](O)C/C(C)=C/CC/C(C)=C\CC[C@@]2(C)O. The Labute approximate surface area is 144 Å². The van der Waals surface area contributed by atoms with Crippen molar-refractivity contribution in [3.05, 3.63) is 35.5 Å². The zero-order valence-electron chi connectivity index (χ0n) is 15.0. The Kier molecular flexibility index (Phi) is 6.05. The van der Waals surface area contributed by atoms with Crippen molar-refractivity contribution in [2.45, 2.75) is 77.1 Å². The summed E-state index contributed by atoms with van der Waals surface area (Å²) in [6, 6.07) is 0. The normalized spacial score (nSPS) is 40.6. The van der Waals surface area contributed by atoms with Gasteiger partial charge in [-0.1, -0.05) is 29.9 Å². The molecule has 0 spiro atoms. The second-order valence-electron chi connectivity index (χ2n) is 7.57. The molecule has 0 radical (unpaired) electrons. The molecule has 1 heterocycles. The van der Waals surface area contributed by atoms with Gasteiger partial charge in [-0.25, -0.2) is 4.79 Å². The first-order valence-corrected chi connectivity index (χ1v) is 8.82. The van der Waals surface area contributed by atoms with Crippen LogP contribution in [0.25, 0.3) is 0 Å². The number of carbonyl (C=O) groups is 1. The van der Waals surface area contributed by atoms with Gasteiger partial charge in [-0.15, -0.1) is 0 Å². The average molecular weight is 334 g/mol. The first-order valence-electron chi connectivity index (χ1n) is 8.82. The highest BCUT2D eigenvalue weighted by Crippen LogP contribution is 2.36. The predicted molar refractivity (Wildman–Crippen MR) is 94.4 cm³/mol. The van der Waals surface area contributed by atoms with Crippen LogP contribution in [0, 0.1) is 5.92 Å². The Bertz CT molecular complexity index is 556. The summed E-state index contributed by atoms with van der Waals surface area (Å²) in [5.41, 5.74) is 1.60. The lowest BCUT2D eigenvalue weighted by Crippen LogP contribution is -2.49. The van der Waals surface area contributed by atoms with Crippen LogP contribution >= 0.6 is 0 Å². The maximum atomic E-state index is 12.1. The molecule has 2 aliphatic rings. The van der Waals surface area contributed by atoms with Crippen LogP contribution < -0.4 is 0 Å². The summed E-state index contributed by atoms with van der Waals surface area (Å²) in [6.07, 6.45) is 7.11. The van der Waals surface area contributed by atoms with E-state index in [0.717, 1.165) is 24.8 Å². The summed E-state index contributed by atoms with van der Waals surface area (Å²) >= 11 is 0. The molecular formula is C20H30O4. The number of hydrogen-bond acceptors (Lipinski definition) is 4. The van der Waals surface area contributed by atoms with Crippen molar-refractivity contribution in [2.24, 2.45) is 5.92 Å². The Hall–Kier alpha value is -1.39. The van der Waals surface area contributed by atoms with Crippen LogP contribution in [-0.4, -0.2) is 34.0 Å². The molecule has 0 amide bonds. The maximum Gasteiger partial charge on any atom is 0.334 e. The highest BCUT2D eigenvalue weighted by atomic mass is 16.6. The molecule has 134 valence electrons. The molecule has 0 aromatic rings. The van der Waals surface area contributed by atoms with E-state index in [-0.39, 0.29) is 5.92 Å². The van der Waals surface area contributed by atoms with E-state index in [4.69, 9.17) is 4.74 Å². The van der Waals surface area contributed by atoms with Crippen molar-refractivity contribution in [3.8, 4) is 0 Å². The van der Waals surface area contributed by atoms with Gasteiger partial charge in [0.15, 0.2) is 0 Å².